The highest BCUT2D eigenvalue weighted by molar-refractivity contribution is 6.01. The molecule has 0 spiro atoms. The van der Waals surface area contributed by atoms with E-state index in [0.29, 0.717) is 5.69 Å². The number of benzene rings is 2. The van der Waals surface area contributed by atoms with Crippen LogP contribution in [0.4, 0.5) is 10.5 Å². The van der Waals surface area contributed by atoms with E-state index in [1.165, 1.54) is 0 Å². The Labute approximate surface area is 91.3 Å². The molecular formula is C11H8N4O. The summed E-state index contributed by atoms with van der Waals surface area (Å²) >= 11 is 0. The molecule has 2 amide bonds. The lowest BCUT2D eigenvalue weighted by molar-refractivity contribution is 0.259. The molecular weight excluding hydrogens is 204 g/mol. The van der Waals surface area contributed by atoms with Crippen molar-refractivity contribution >= 4 is 22.5 Å². The van der Waals surface area contributed by atoms with Crippen LogP contribution in [0.25, 0.3) is 21.2 Å². The summed E-state index contributed by atoms with van der Waals surface area (Å²) in [5, 5.41) is 7.41. The third-order valence-electron chi connectivity index (χ3n) is 2.17. The maximum atomic E-state index is 11.1. The number of azide groups is 1. The van der Waals surface area contributed by atoms with Crippen molar-refractivity contribution in [3.8, 4) is 0 Å². The van der Waals surface area contributed by atoms with Crippen LogP contribution in [0.5, 0.6) is 0 Å². The second-order valence-corrected chi connectivity index (χ2v) is 3.15. The van der Waals surface area contributed by atoms with Crippen LogP contribution < -0.4 is 5.32 Å². The Morgan fingerprint density at radius 2 is 1.94 bits per heavy atom. The average molecular weight is 212 g/mol. The van der Waals surface area contributed by atoms with Crippen LogP contribution >= 0.6 is 0 Å². The molecule has 2 rings (SSSR count). The van der Waals surface area contributed by atoms with Crippen molar-refractivity contribution in [2.75, 3.05) is 5.32 Å². The molecule has 5 heteroatoms. The SMILES string of the molecule is [N-]=[N+]=NC(=O)Nc1cccc2ccccc12. The van der Waals surface area contributed by atoms with Crippen LogP contribution in [0.2, 0.25) is 0 Å². The largest absolute Gasteiger partial charge is 0.320 e. The van der Waals surface area contributed by atoms with Crippen LogP contribution in [0, 0.1) is 0 Å². The molecule has 16 heavy (non-hydrogen) atoms. The Morgan fingerprint density at radius 3 is 2.75 bits per heavy atom. The Bertz CT molecular complexity index is 582. The molecule has 0 aliphatic rings. The zero-order valence-corrected chi connectivity index (χ0v) is 8.29. The van der Waals surface area contributed by atoms with Crippen molar-refractivity contribution in [1.82, 2.24) is 0 Å². The summed E-state index contributed by atoms with van der Waals surface area (Å²) in [5.74, 6) is 0. The quantitative estimate of drug-likeness (QED) is 0.436. The minimum absolute atomic E-state index is 0.635. The number of amides is 2. The predicted octanol–water partition coefficient (Wildman–Crippen LogP) is 3.68. The van der Waals surface area contributed by atoms with Gasteiger partial charge < -0.3 is 5.32 Å². The van der Waals surface area contributed by atoms with Crippen LogP contribution in [-0.4, -0.2) is 6.03 Å². The molecule has 0 aromatic heterocycles. The normalized spacial score (nSPS) is 9.50. The molecule has 0 atom stereocenters. The van der Waals surface area contributed by atoms with Crippen LogP contribution in [0.1, 0.15) is 0 Å². The van der Waals surface area contributed by atoms with Gasteiger partial charge in [-0.2, -0.15) is 0 Å². The molecule has 0 fully saturated rings. The number of rotatable bonds is 1. The maximum absolute atomic E-state index is 11.1. The zero-order valence-electron chi connectivity index (χ0n) is 8.29. The fourth-order valence-electron chi connectivity index (χ4n) is 1.52. The standard InChI is InChI=1S/C11H8N4O/c12-15-14-11(16)13-10-7-3-5-8-4-1-2-6-9(8)10/h1-7H,(H,13,16). The Morgan fingerprint density at radius 1 is 1.19 bits per heavy atom. The molecule has 0 aliphatic heterocycles. The first-order valence-electron chi connectivity index (χ1n) is 4.65. The number of urea groups is 1. The minimum Gasteiger partial charge on any atom is -0.320 e. The Hall–Kier alpha value is -2.52. The van der Waals surface area contributed by atoms with Crippen LogP contribution in [-0.2, 0) is 0 Å². The van der Waals surface area contributed by atoms with E-state index in [1.807, 2.05) is 36.4 Å². The van der Waals surface area contributed by atoms with E-state index in [2.05, 4.69) is 15.3 Å². The first-order valence-corrected chi connectivity index (χ1v) is 4.65. The first-order chi connectivity index (χ1) is 7.81. The summed E-state index contributed by atoms with van der Waals surface area (Å²) in [6.45, 7) is 0. The molecule has 78 valence electrons. The van der Waals surface area contributed by atoms with Crippen molar-refractivity contribution in [2.45, 2.75) is 0 Å². The van der Waals surface area contributed by atoms with Gasteiger partial charge in [0, 0.05) is 21.1 Å². The number of anilines is 1. The van der Waals surface area contributed by atoms with Gasteiger partial charge in [0.25, 0.3) is 0 Å². The number of fused-ring (bicyclic) bond motifs is 1. The lowest BCUT2D eigenvalue weighted by Gasteiger charge is -2.05. The molecule has 5 nitrogen and oxygen atoms in total. The van der Waals surface area contributed by atoms with E-state index in [9.17, 15) is 4.79 Å². The fraction of sp³-hybridized carbons (Fsp3) is 0. The second kappa shape index (κ2) is 4.33. The smallest absolute Gasteiger partial charge is 0.312 e. The van der Waals surface area contributed by atoms with Crippen LogP contribution in [0.15, 0.2) is 47.6 Å². The second-order valence-electron chi connectivity index (χ2n) is 3.15. The van der Waals surface area contributed by atoms with E-state index < -0.39 is 6.03 Å². The number of nitrogens with one attached hydrogen (secondary N) is 1. The lowest BCUT2D eigenvalue weighted by Crippen LogP contribution is -2.05. The molecule has 0 heterocycles. The number of nitrogens with zero attached hydrogens (tertiary/aromatic N) is 3. The molecule has 0 radical (unpaired) electrons. The molecule has 0 aliphatic carbocycles. The average Bonchev–Trinajstić information content (AvgIpc) is 2.30. The van der Waals surface area contributed by atoms with Gasteiger partial charge in [-0.15, -0.1) is 0 Å². The fourth-order valence-corrected chi connectivity index (χ4v) is 1.52. The monoisotopic (exact) mass is 212 g/mol. The number of hydrogen-bond donors (Lipinski definition) is 1. The van der Waals surface area contributed by atoms with Gasteiger partial charge in [-0.25, -0.2) is 0 Å². The Balaban J connectivity index is 2.44. The predicted molar refractivity (Wildman–Crippen MR) is 62.1 cm³/mol. The highest BCUT2D eigenvalue weighted by Crippen LogP contribution is 2.22. The van der Waals surface area contributed by atoms with Crippen molar-refractivity contribution in [3.63, 3.8) is 0 Å². The summed E-state index contributed by atoms with van der Waals surface area (Å²) in [4.78, 5) is 13.5. The van der Waals surface area contributed by atoms with E-state index in [1.54, 1.807) is 6.07 Å². The van der Waals surface area contributed by atoms with Gasteiger partial charge in [0.05, 0.1) is 0 Å². The summed E-state index contributed by atoms with van der Waals surface area (Å²) in [6, 6.07) is 12.4. The van der Waals surface area contributed by atoms with E-state index >= 15 is 0 Å². The Kier molecular flexibility index (Phi) is 2.71. The molecule has 1 N–H and O–H groups in total. The van der Waals surface area contributed by atoms with Crippen molar-refractivity contribution < 1.29 is 4.79 Å². The third kappa shape index (κ3) is 1.94. The van der Waals surface area contributed by atoms with Crippen molar-refractivity contribution in [2.24, 2.45) is 5.11 Å². The van der Waals surface area contributed by atoms with E-state index in [0.717, 1.165) is 10.8 Å². The van der Waals surface area contributed by atoms with E-state index in [-0.39, 0.29) is 0 Å². The first kappa shape index (κ1) is 10.0. The molecule has 0 saturated carbocycles. The molecule has 2 aromatic carbocycles. The topological polar surface area (TPSA) is 77.9 Å². The molecule has 0 unspecified atom stereocenters. The van der Waals surface area contributed by atoms with Gasteiger partial charge in [0.15, 0.2) is 0 Å². The van der Waals surface area contributed by atoms with Crippen molar-refractivity contribution in [3.05, 3.63) is 52.9 Å². The molecule has 0 bridgehead atoms. The third-order valence-corrected chi connectivity index (χ3v) is 2.17. The van der Waals surface area contributed by atoms with Gasteiger partial charge in [-0.3, -0.25) is 4.79 Å². The summed E-state index contributed by atoms with van der Waals surface area (Å²) in [7, 11) is 0. The van der Waals surface area contributed by atoms with Gasteiger partial charge in [0.1, 0.15) is 0 Å². The van der Waals surface area contributed by atoms with E-state index in [4.69, 9.17) is 5.53 Å². The van der Waals surface area contributed by atoms with Gasteiger partial charge >= 0.3 is 6.03 Å². The number of carbonyl (C=O) groups excluding carboxylic acids is 1. The number of carbonyl (C=O) groups is 1. The molecule has 0 saturated heterocycles. The maximum Gasteiger partial charge on any atom is 0.312 e. The highest BCUT2D eigenvalue weighted by Gasteiger charge is 2.02. The zero-order chi connectivity index (χ0) is 11.4. The van der Waals surface area contributed by atoms with Gasteiger partial charge in [-0.05, 0) is 17.0 Å². The minimum atomic E-state index is -0.709. The summed E-state index contributed by atoms with van der Waals surface area (Å²) in [5.41, 5.74) is 8.76. The summed E-state index contributed by atoms with van der Waals surface area (Å²) in [6.07, 6.45) is 0. The summed E-state index contributed by atoms with van der Waals surface area (Å²) < 4.78 is 0. The van der Waals surface area contributed by atoms with Crippen molar-refractivity contribution in [1.29, 1.82) is 0 Å². The highest BCUT2D eigenvalue weighted by atomic mass is 16.2. The van der Waals surface area contributed by atoms with Crippen LogP contribution in [0.3, 0.4) is 0 Å². The number of hydrogen-bond acceptors (Lipinski definition) is 1. The van der Waals surface area contributed by atoms with Gasteiger partial charge in [0.2, 0.25) is 0 Å². The van der Waals surface area contributed by atoms with Gasteiger partial charge in [-0.1, -0.05) is 36.4 Å². The lowest BCUT2D eigenvalue weighted by atomic mass is 10.1. The molecule has 2 aromatic rings.